The van der Waals surface area contributed by atoms with Crippen LogP contribution in [0, 0.1) is 6.92 Å². The van der Waals surface area contributed by atoms with Crippen LogP contribution in [0.1, 0.15) is 41.2 Å². The Bertz CT molecular complexity index is 1240. The van der Waals surface area contributed by atoms with E-state index in [0.717, 1.165) is 16.9 Å². The fourth-order valence-corrected chi connectivity index (χ4v) is 4.35. The fraction of sp³-hybridized carbons (Fsp3) is 0.240. The maximum Gasteiger partial charge on any atom is 0.296 e. The molecule has 0 spiro atoms. The number of benzene rings is 1. The molecule has 0 bridgehead atoms. The van der Waals surface area contributed by atoms with Gasteiger partial charge < -0.3 is 19.2 Å². The van der Waals surface area contributed by atoms with Crippen LogP contribution in [0.4, 0.5) is 0 Å². The first-order valence-electron chi connectivity index (χ1n) is 10.5. The van der Waals surface area contributed by atoms with Crippen molar-refractivity contribution in [1.29, 1.82) is 0 Å². The molecule has 4 heterocycles. The van der Waals surface area contributed by atoms with Crippen molar-refractivity contribution in [3.05, 3.63) is 88.6 Å². The first-order valence-corrected chi connectivity index (χ1v) is 10.5. The molecule has 1 amide bonds. The second-order valence-corrected chi connectivity index (χ2v) is 8.19. The Labute approximate surface area is 184 Å². The first-order chi connectivity index (χ1) is 15.4. The van der Waals surface area contributed by atoms with E-state index in [1.807, 2.05) is 19.1 Å². The Kier molecular flexibility index (Phi) is 4.81. The number of ketones is 1. The van der Waals surface area contributed by atoms with Gasteiger partial charge in [-0.1, -0.05) is 6.07 Å². The summed E-state index contributed by atoms with van der Waals surface area (Å²) in [6.07, 6.45) is 4.06. The van der Waals surface area contributed by atoms with Crippen LogP contribution < -0.4 is 4.74 Å². The summed E-state index contributed by atoms with van der Waals surface area (Å²) in [5.41, 5.74) is 2.21. The number of furan rings is 1. The van der Waals surface area contributed by atoms with Gasteiger partial charge in [0.15, 0.2) is 0 Å². The largest absolute Gasteiger partial charge is 0.507 e. The first kappa shape index (κ1) is 20.1. The number of hydrogen-bond acceptors (Lipinski definition) is 6. The van der Waals surface area contributed by atoms with Gasteiger partial charge in [-0.15, -0.1) is 0 Å². The number of aryl methyl sites for hydroxylation is 1. The van der Waals surface area contributed by atoms with Crippen LogP contribution in [0.15, 0.2) is 64.8 Å². The molecule has 2 aliphatic heterocycles. The third kappa shape index (κ3) is 3.36. The molecule has 2 aromatic heterocycles. The number of likely N-dealkylation sites (tertiary alicyclic amines) is 1. The number of Topliss-reactive ketones (excluding diaryl/α,β-unsaturated/α-hetero) is 1. The van der Waals surface area contributed by atoms with Gasteiger partial charge in [-0.3, -0.25) is 14.6 Å². The van der Waals surface area contributed by atoms with Crippen LogP contribution in [-0.2, 0) is 22.6 Å². The van der Waals surface area contributed by atoms with E-state index < -0.39 is 17.7 Å². The van der Waals surface area contributed by atoms with Crippen LogP contribution >= 0.6 is 0 Å². The molecule has 0 saturated carbocycles. The van der Waals surface area contributed by atoms with E-state index in [1.54, 1.807) is 49.6 Å². The van der Waals surface area contributed by atoms with E-state index in [4.69, 9.17) is 9.15 Å². The molecule has 2 atom stereocenters. The van der Waals surface area contributed by atoms with Gasteiger partial charge in [-0.2, -0.15) is 0 Å². The lowest BCUT2D eigenvalue weighted by molar-refractivity contribution is -0.140. The smallest absolute Gasteiger partial charge is 0.296 e. The Morgan fingerprint density at radius 1 is 1.22 bits per heavy atom. The SMILES string of the molecule is Cc1ccc([C@@H]2C(=C(O)c3ccc4c(c3)C[C@@H](C)O4)C(=O)C(=O)N2Cc2cccnc2)o1. The molecule has 0 unspecified atom stereocenters. The normalized spacial score (nSPS) is 21.6. The van der Waals surface area contributed by atoms with Gasteiger partial charge >= 0.3 is 0 Å². The fourth-order valence-electron chi connectivity index (χ4n) is 4.35. The number of pyridine rings is 1. The molecule has 0 radical (unpaired) electrons. The molecule has 32 heavy (non-hydrogen) atoms. The third-order valence-corrected chi connectivity index (χ3v) is 5.82. The molecular formula is C25H22N2O5. The maximum absolute atomic E-state index is 13.1. The van der Waals surface area contributed by atoms with Gasteiger partial charge in [0.25, 0.3) is 11.7 Å². The Morgan fingerprint density at radius 2 is 2.06 bits per heavy atom. The standard InChI is InChI=1S/C25H22N2O5/c1-14-5-7-20(31-14)22-21(23(28)17-6-8-19-18(11-17)10-15(2)32-19)24(29)25(30)27(22)13-16-4-3-9-26-12-16/h3-9,11-12,15,22,28H,10,13H2,1-2H3/t15-,22-/m1/s1. The number of carbonyl (C=O) groups is 2. The summed E-state index contributed by atoms with van der Waals surface area (Å²) in [6.45, 7) is 3.93. The minimum absolute atomic E-state index is 0.0140. The molecular weight excluding hydrogens is 408 g/mol. The third-order valence-electron chi connectivity index (χ3n) is 5.82. The molecule has 1 aromatic carbocycles. The zero-order valence-electron chi connectivity index (χ0n) is 17.7. The summed E-state index contributed by atoms with van der Waals surface area (Å²) in [5, 5.41) is 11.2. The molecule has 0 aliphatic carbocycles. The minimum Gasteiger partial charge on any atom is -0.507 e. The van der Waals surface area contributed by atoms with Crippen molar-refractivity contribution in [2.75, 3.05) is 0 Å². The number of amides is 1. The Balaban J connectivity index is 1.62. The van der Waals surface area contributed by atoms with Gasteiger partial charge in [0.2, 0.25) is 0 Å². The molecule has 7 heteroatoms. The zero-order chi connectivity index (χ0) is 22.4. The van der Waals surface area contributed by atoms with E-state index in [2.05, 4.69) is 4.98 Å². The van der Waals surface area contributed by atoms with E-state index in [0.29, 0.717) is 23.5 Å². The van der Waals surface area contributed by atoms with Gasteiger partial charge in [0.05, 0.1) is 5.57 Å². The molecule has 3 aromatic rings. The van der Waals surface area contributed by atoms with Crippen molar-refractivity contribution < 1.29 is 23.8 Å². The van der Waals surface area contributed by atoms with E-state index in [9.17, 15) is 14.7 Å². The lowest BCUT2D eigenvalue weighted by Gasteiger charge is -2.23. The predicted octanol–water partition coefficient (Wildman–Crippen LogP) is 3.93. The molecule has 7 nitrogen and oxygen atoms in total. The average Bonchev–Trinajstić information content (AvgIpc) is 3.44. The summed E-state index contributed by atoms with van der Waals surface area (Å²) in [7, 11) is 0. The van der Waals surface area contributed by atoms with E-state index in [1.165, 1.54) is 4.90 Å². The van der Waals surface area contributed by atoms with E-state index >= 15 is 0 Å². The van der Waals surface area contributed by atoms with E-state index in [-0.39, 0.29) is 24.0 Å². The number of hydrogen-bond donors (Lipinski definition) is 1. The maximum atomic E-state index is 13.1. The molecule has 1 fully saturated rings. The second kappa shape index (κ2) is 7.67. The van der Waals surface area contributed by atoms with Gasteiger partial charge in [0, 0.05) is 30.9 Å². The topological polar surface area (TPSA) is 92.9 Å². The molecule has 2 aliphatic rings. The average molecular weight is 430 g/mol. The summed E-state index contributed by atoms with van der Waals surface area (Å²) in [5.74, 6) is 0.187. The number of carbonyl (C=O) groups excluding carboxylic acids is 2. The molecule has 1 N–H and O–H groups in total. The second-order valence-electron chi connectivity index (χ2n) is 8.19. The highest BCUT2D eigenvalue weighted by Gasteiger charge is 2.47. The number of aliphatic hydroxyl groups excluding tert-OH is 1. The number of fused-ring (bicyclic) bond motifs is 1. The highest BCUT2D eigenvalue weighted by molar-refractivity contribution is 6.46. The van der Waals surface area contributed by atoms with Crippen molar-refractivity contribution in [1.82, 2.24) is 9.88 Å². The number of ether oxygens (including phenoxy) is 1. The molecule has 1 saturated heterocycles. The Morgan fingerprint density at radius 3 is 2.78 bits per heavy atom. The lowest BCUT2D eigenvalue weighted by Crippen LogP contribution is -2.29. The van der Waals surface area contributed by atoms with Crippen molar-refractivity contribution in [3.8, 4) is 5.75 Å². The number of nitrogens with zero attached hydrogens (tertiary/aromatic N) is 2. The van der Waals surface area contributed by atoms with Crippen LogP contribution in [-0.4, -0.2) is 32.8 Å². The lowest BCUT2D eigenvalue weighted by atomic mass is 9.97. The summed E-state index contributed by atoms with van der Waals surface area (Å²) in [6, 6.07) is 11.6. The highest BCUT2D eigenvalue weighted by atomic mass is 16.5. The minimum atomic E-state index is -0.840. The van der Waals surface area contributed by atoms with Crippen molar-refractivity contribution in [2.45, 2.75) is 39.0 Å². The highest BCUT2D eigenvalue weighted by Crippen LogP contribution is 2.41. The van der Waals surface area contributed by atoms with Gasteiger partial charge in [-0.25, -0.2) is 0 Å². The predicted molar refractivity (Wildman–Crippen MR) is 116 cm³/mol. The monoisotopic (exact) mass is 430 g/mol. The summed E-state index contributed by atoms with van der Waals surface area (Å²) < 4.78 is 11.5. The van der Waals surface area contributed by atoms with Crippen LogP contribution in [0.3, 0.4) is 0 Å². The quantitative estimate of drug-likeness (QED) is 0.383. The zero-order valence-corrected chi connectivity index (χ0v) is 17.7. The Hall–Kier alpha value is -3.87. The number of rotatable bonds is 4. The summed E-state index contributed by atoms with van der Waals surface area (Å²) >= 11 is 0. The van der Waals surface area contributed by atoms with Crippen molar-refractivity contribution >= 4 is 17.4 Å². The molecule has 162 valence electrons. The number of aromatic nitrogens is 1. The number of aliphatic hydroxyl groups is 1. The van der Waals surface area contributed by atoms with Crippen molar-refractivity contribution in [3.63, 3.8) is 0 Å². The van der Waals surface area contributed by atoms with Gasteiger partial charge in [-0.05, 0) is 61.4 Å². The van der Waals surface area contributed by atoms with Crippen LogP contribution in [0.25, 0.3) is 5.76 Å². The van der Waals surface area contributed by atoms with Crippen LogP contribution in [0.2, 0.25) is 0 Å². The van der Waals surface area contributed by atoms with Crippen LogP contribution in [0.5, 0.6) is 5.75 Å². The van der Waals surface area contributed by atoms with Gasteiger partial charge in [0.1, 0.15) is 35.2 Å². The molecule has 5 rings (SSSR count). The van der Waals surface area contributed by atoms with Crippen molar-refractivity contribution in [2.24, 2.45) is 0 Å². The summed E-state index contributed by atoms with van der Waals surface area (Å²) in [4.78, 5) is 31.6.